The zero-order valence-electron chi connectivity index (χ0n) is 11.1. The van der Waals surface area contributed by atoms with E-state index in [1.165, 1.54) is 0 Å². The lowest BCUT2D eigenvalue weighted by atomic mass is 10.0. The zero-order valence-corrected chi connectivity index (χ0v) is 11.1. The number of aliphatic hydroxyl groups is 1. The smallest absolute Gasteiger partial charge is 0.109 e. The molecule has 0 aromatic carbocycles. The first-order valence-electron chi connectivity index (χ1n) is 6.40. The Labute approximate surface area is 107 Å². The topological polar surface area (TPSA) is 51.2 Å². The highest BCUT2D eigenvalue weighted by Crippen LogP contribution is 2.23. The van der Waals surface area contributed by atoms with E-state index in [0.29, 0.717) is 12.5 Å². The van der Waals surface area contributed by atoms with Crippen LogP contribution in [-0.2, 0) is 12.8 Å². The molecule has 0 fully saturated rings. The van der Waals surface area contributed by atoms with Crippen molar-refractivity contribution in [2.75, 3.05) is 0 Å². The molecule has 0 aliphatic carbocycles. The van der Waals surface area contributed by atoms with E-state index < -0.39 is 6.10 Å². The van der Waals surface area contributed by atoms with Gasteiger partial charge in [-0.1, -0.05) is 6.92 Å². The molecule has 0 saturated carbocycles. The minimum Gasteiger partial charge on any atom is -0.469 e. The summed E-state index contributed by atoms with van der Waals surface area (Å²) < 4.78 is 7.23. The lowest BCUT2D eigenvalue weighted by molar-refractivity contribution is 0.174. The van der Waals surface area contributed by atoms with Crippen LogP contribution < -0.4 is 0 Å². The lowest BCUT2D eigenvalue weighted by Crippen LogP contribution is -2.06. The van der Waals surface area contributed by atoms with E-state index >= 15 is 0 Å². The van der Waals surface area contributed by atoms with Crippen molar-refractivity contribution < 1.29 is 9.52 Å². The molecule has 0 aliphatic heterocycles. The van der Waals surface area contributed by atoms with Gasteiger partial charge in [-0.25, -0.2) is 0 Å². The van der Waals surface area contributed by atoms with Crippen molar-refractivity contribution in [3.05, 3.63) is 41.6 Å². The SMILES string of the molecule is CCc1occc1C(O)Cc1ccn(C(C)C)n1. The average molecular weight is 248 g/mol. The summed E-state index contributed by atoms with van der Waals surface area (Å²) in [6.45, 7) is 6.18. The van der Waals surface area contributed by atoms with E-state index in [2.05, 4.69) is 18.9 Å². The molecule has 1 N–H and O–H groups in total. The Kier molecular flexibility index (Phi) is 3.87. The Morgan fingerprint density at radius 3 is 2.78 bits per heavy atom. The Morgan fingerprint density at radius 1 is 1.39 bits per heavy atom. The van der Waals surface area contributed by atoms with E-state index in [1.54, 1.807) is 6.26 Å². The van der Waals surface area contributed by atoms with Gasteiger partial charge in [0, 0.05) is 30.6 Å². The van der Waals surface area contributed by atoms with Crippen molar-refractivity contribution in [1.82, 2.24) is 9.78 Å². The van der Waals surface area contributed by atoms with Crippen molar-refractivity contribution in [1.29, 1.82) is 0 Å². The number of hydrogen-bond acceptors (Lipinski definition) is 3. The highest BCUT2D eigenvalue weighted by atomic mass is 16.3. The summed E-state index contributed by atoms with van der Waals surface area (Å²) in [5.74, 6) is 0.853. The van der Waals surface area contributed by atoms with E-state index in [0.717, 1.165) is 23.4 Å². The van der Waals surface area contributed by atoms with Crippen molar-refractivity contribution in [3.63, 3.8) is 0 Å². The zero-order chi connectivity index (χ0) is 13.1. The maximum Gasteiger partial charge on any atom is 0.109 e. The van der Waals surface area contributed by atoms with Gasteiger partial charge >= 0.3 is 0 Å². The molecule has 1 atom stereocenters. The van der Waals surface area contributed by atoms with Crippen LogP contribution in [0.4, 0.5) is 0 Å². The quantitative estimate of drug-likeness (QED) is 0.885. The van der Waals surface area contributed by atoms with Gasteiger partial charge in [0.05, 0.1) is 18.1 Å². The first kappa shape index (κ1) is 12.9. The second kappa shape index (κ2) is 5.40. The molecule has 4 heteroatoms. The Morgan fingerprint density at radius 2 is 2.17 bits per heavy atom. The number of aromatic nitrogens is 2. The van der Waals surface area contributed by atoms with Crippen molar-refractivity contribution in [3.8, 4) is 0 Å². The minimum atomic E-state index is -0.547. The van der Waals surface area contributed by atoms with Gasteiger partial charge in [0.2, 0.25) is 0 Å². The summed E-state index contributed by atoms with van der Waals surface area (Å²) >= 11 is 0. The standard InChI is InChI=1S/C14H20N2O2/c1-4-14-12(6-8-18-14)13(17)9-11-5-7-16(15-11)10(2)3/h5-8,10,13,17H,4,9H2,1-3H3. The maximum atomic E-state index is 10.2. The molecule has 0 amide bonds. The fourth-order valence-electron chi connectivity index (χ4n) is 2.02. The summed E-state index contributed by atoms with van der Waals surface area (Å²) in [7, 11) is 0. The molecule has 0 spiro atoms. The van der Waals surface area contributed by atoms with Crippen LogP contribution in [0, 0.1) is 0 Å². The fourth-order valence-corrected chi connectivity index (χ4v) is 2.02. The van der Waals surface area contributed by atoms with Crippen LogP contribution in [-0.4, -0.2) is 14.9 Å². The van der Waals surface area contributed by atoms with Gasteiger partial charge < -0.3 is 9.52 Å². The molecule has 98 valence electrons. The van der Waals surface area contributed by atoms with E-state index in [4.69, 9.17) is 4.42 Å². The number of nitrogens with zero attached hydrogens (tertiary/aromatic N) is 2. The van der Waals surface area contributed by atoms with Gasteiger partial charge in [0.1, 0.15) is 5.76 Å². The summed E-state index contributed by atoms with van der Waals surface area (Å²) in [4.78, 5) is 0. The Hall–Kier alpha value is -1.55. The van der Waals surface area contributed by atoms with Crippen LogP contribution >= 0.6 is 0 Å². The van der Waals surface area contributed by atoms with E-state index in [1.807, 2.05) is 29.9 Å². The molecule has 0 bridgehead atoms. The predicted octanol–water partition coefficient (Wildman–Crippen LogP) is 2.90. The average Bonchev–Trinajstić information content (AvgIpc) is 2.96. The van der Waals surface area contributed by atoms with E-state index in [9.17, 15) is 5.11 Å². The Bertz CT molecular complexity index is 499. The first-order valence-corrected chi connectivity index (χ1v) is 6.40. The second-order valence-corrected chi connectivity index (χ2v) is 4.75. The second-order valence-electron chi connectivity index (χ2n) is 4.75. The van der Waals surface area contributed by atoms with Gasteiger partial charge in [-0.05, 0) is 26.0 Å². The highest BCUT2D eigenvalue weighted by Gasteiger charge is 2.16. The van der Waals surface area contributed by atoms with Crippen molar-refractivity contribution in [2.45, 2.75) is 45.8 Å². The third kappa shape index (κ3) is 2.64. The number of hydrogen-bond donors (Lipinski definition) is 1. The summed E-state index contributed by atoms with van der Waals surface area (Å²) in [6, 6.07) is 4.13. The van der Waals surface area contributed by atoms with Gasteiger partial charge in [0.25, 0.3) is 0 Å². The van der Waals surface area contributed by atoms with Crippen LogP contribution in [0.25, 0.3) is 0 Å². The predicted molar refractivity (Wildman–Crippen MR) is 69.4 cm³/mol. The molecule has 18 heavy (non-hydrogen) atoms. The lowest BCUT2D eigenvalue weighted by Gasteiger charge is -2.09. The molecular weight excluding hydrogens is 228 g/mol. The van der Waals surface area contributed by atoms with Gasteiger partial charge in [0.15, 0.2) is 0 Å². The molecule has 0 saturated heterocycles. The van der Waals surface area contributed by atoms with Gasteiger partial charge in [-0.15, -0.1) is 0 Å². The van der Waals surface area contributed by atoms with Crippen LogP contribution in [0.15, 0.2) is 29.0 Å². The molecule has 2 aromatic rings. The third-order valence-corrected chi connectivity index (χ3v) is 3.06. The summed E-state index contributed by atoms with van der Waals surface area (Å²) in [5, 5.41) is 14.7. The van der Waals surface area contributed by atoms with E-state index in [-0.39, 0.29) is 0 Å². The third-order valence-electron chi connectivity index (χ3n) is 3.06. The Balaban J connectivity index is 2.08. The summed E-state index contributed by atoms with van der Waals surface area (Å²) in [5.41, 5.74) is 1.77. The molecular formula is C14H20N2O2. The van der Waals surface area contributed by atoms with Crippen molar-refractivity contribution >= 4 is 0 Å². The molecule has 1 unspecified atom stereocenters. The highest BCUT2D eigenvalue weighted by molar-refractivity contribution is 5.21. The normalized spacial score (nSPS) is 13.2. The van der Waals surface area contributed by atoms with Gasteiger partial charge in [-0.3, -0.25) is 4.68 Å². The number of furan rings is 1. The van der Waals surface area contributed by atoms with Crippen LogP contribution in [0.3, 0.4) is 0 Å². The number of rotatable bonds is 5. The van der Waals surface area contributed by atoms with Gasteiger partial charge in [-0.2, -0.15) is 5.10 Å². The first-order chi connectivity index (χ1) is 8.61. The van der Waals surface area contributed by atoms with Crippen LogP contribution in [0.2, 0.25) is 0 Å². The number of aliphatic hydroxyl groups excluding tert-OH is 1. The van der Waals surface area contributed by atoms with Crippen LogP contribution in [0.1, 0.15) is 49.9 Å². The molecule has 4 nitrogen and oxygen atoms in total. The molecule has 2 heterocycles. The summed E-state index contributed by atoms with van der Waals surface area (Å²) in [6.07, 6.45) is 4.34. The fraction of sp³-hybridized carbons (Fsp3) is 0.500. The van der Waals surface area contributed by atoms with Crippen LogP contribution in [0.5, 0.6) is 0 Å². The molecule has 2 aromatic heterocycles. The maximum absolute atomic E-state index is 10.2. The molecule has 0 aliphatic rings. The largest absolute Gasteiger partial charge is 0.469 e. The molecule has 0 radical (unpaired) electrons. The van der Waals surface area contributed by atoms with Crippen molar-refractivity contribution in [2.24, 2.45) is 0 Å². The minimum absolute atomic E-state index is 0.344. The number of aryl methyl sites for hydroxylation is 1. The molecule has 2 rings (SSSR count). The monoisotopic (exact) mass is 248 g/mol.